The molecule has 0 aliphatic carbocycles. The highest BCUT2D eigenvalue weighted by Gasteiger charge is 2.16. The van der Waals surface area contributed by atoms with Crippen LogP contribution in [0.4, 0.5) is 4.39 Å². The highest BCUT2D eigenvalue weighted by atomic mass is 79.9. The molecule has 2 aromatic rings. The lowest BCUT2D eigenvalue weighted by Crippen LogP contribution is -2.04. The van der Waals surface area contributed by atoms with Crippen molar-refractivity contribution < 1.29 is 14.2 Å². The second-order valence-electron chi connectivity index (χ2n) is 4.07. The third-order valence-electron chi connectivity index (χ3n) is 2.75. The van der Waals surface area contributed by atoms with Gasteiger partial charge in [-0.3, -0.25) is 0 Å². The molecule has 19 heavy (non-hydrogen) atoms. The second-order valence-corrected chi connectivity index (χ2v) is 4.98. The van der Waals surface area contributed by atoms with Gasteiger partial charge in [0.25, 0.3) is 0 Å². The maximum absolute atomic E-state index is 12.9. The highest BCUT2D eigenvalue weighted by Crippen LogP contribution is 2.32. The molecule has 0 aliphatic heterocycles. The van der Waals surface area contributed by atoms with E-state index in [2.05, 4.69) is 15.9 Å². The maximum Gasteiger partial charge on any atom is 0.125 e. The Hall–Kier alpha value is -1.39. The fourth-order valence-corrected chi connectivity index (χ4v) is 2.22. The zero-order valence-electron chi connectivity index (χ0n) is 10.4. The van der Waals surface area contributed by atoms with Crippen LogP contribution < -0.4 is 4.74 Å². The van der Waals surface area contributed by atoms with Crippen LogP contribution in [0.3, 0.4) is 0 Å². The van der Waals surface area contributed by atoms with Gasteiger partial charge in [-0.15, -0.1) is 0 Å². The summed E-state index contributed by atoms with van der Waals surface area (Å²) in [6, 6.07) is 11.3. The first-order chi connectivity index (χ1) is 9.11. The topological polar surface area (TPSA) is 29.5 Å². The van der Waals surface area contributed by atoms with E-state index in [0.717, 1.165) is 4.47 Å². The predicted octanol–water partition coefficient (Wildman–Crippen LogP) is 4.07. The molecular weight excluding hydrogens is 311 g/mol. The zero-order valence-corrected chi connectivity index (χ0v) is 12.0. The van der Waals surface area contributed by atoms with E-state index in [1.165, 1.54) is 12.1 Å². The monoisotopic (exact) mass is 324 g/mol. The average molecular weight is 325 g/mol. The van der Waals surface area contributed by atoms with Crippen LogP contribution in [0.5, 0.6) is 5.75 Å². The molecule has 0 spiro atoms. The molecule has 0 bridgehead atoms. The first-order valence-corrected chi connectivity index (χ1v) is 6.77. The lowest BCUT2D eigenvalue weighted by Gasteiger charge is -2.16. The number of rotatable bonds is 4. The van der Waals surface area contributed by atoms with Crippen LogP contribution in [0.1, 0.15) is 24.2 Å². The van der Waals surface area contributed by atoms with Gasteiger partial charge in [-0.05, 0) is 42.8 Å². The second kappa shape index (κ2) is 6.17. The van der Waals surface area contributed by atoms with Crippen molar-refractivity contribution in [1.29, 1.82) is 0 Å². The van der Waals surface area contributed by atoms with E-state index in [1.54, 1.807) is 24.3 Å². The van der Waals surface area contributed by atoms with Crippen molar-refractivity contribution in [2.75, 3.05) is 6.61 Å². The van der Waals surface area contributed by atoms with Crippen LogP contribution in [0.25, 0.3) is 0 Å². The van der Waals surface area contributed by atoms with Gasteiger partial charge in [0, 0.05) is 10.0 Å². The van der Waals surface area contributed by atoms with Crippen LogP contribution in [-0.2, 0) is 0 Å². The Morgan fingerprint density at radius 1 is 1.21 bits per heavy atom. The van der Waals surface area contributed by atoms with Gasteiger partial charge in [0.05, 0.1) is 6.61 Å². The molecular formula is C15H14BrFO2. The number of hydrogen-bond donors (Lipinski definition) is 1. The summed E-state index contributed by atoms with van der Waals surface area (Å²) in [5.41, 5.74) is 1.28. The third kappa shape index (κ3) is 3.33. The summed E-state index contributed by atoms with van der Waals surface area (Å²) >= 11 is 3.37. The van der Waals surface area contributed by atoms with E-state index in [9.17, 15) is 9.50 Å². The first kappa shape index (κ1) is 14.0. The highest BCUT2D eigenvalue weighted by molar-refractivity contribution is 9.10. The predicted molar refractivity (Wildman–Crippen MR) is 75.8 cm³/mol. The fraction of sp³-hybridized carbons (Fsp3) is 0.200. The zero-order chi connectivity index (χ0) is 13.8. The minimum absolute atomic E-state index is 0.324. The van der Waals surface area contributed by atoms with Crippen LogP contribution in [0.15, 0.2) is 46.9 Å². The Morgan fingerprint density at radius 3 is 2.53 bits per heavy atom. The van der Waals surface area contributed by atoms with E-state index in [1.807, 2.05) is 13.0 Å². The van der Waals surface area contributed by atoms with Gasteiger partial charge in [-0.25, -0.2) is 4.39 Å². The molecule has 1 N–H and O–H groups in total. The van der Waals surface area contributed by atoms with Crippen LogP contribution in [-0.4, -0.2) is 11.7 Å². The lowest BCUT2D eigenvalue weighted by atomic mass is 10.0. The van der Waals surface area contributed by atoms with Gasteiger partial charge < -0.3 is 9.84 Å². The number of aliphatic hydroxyl groups is 1. The van der Waals surface area contributed by atoms with Crippen molar-refractivity contribution in [3.8, 4) is 5.75 Å². The first-order valence-electron chi connectivity index (χ1n) is 5.97. The molecule has 0 fully saturated rings. The van der Waals surface area contributed by atoms with Crippen molar-refractivity contribution >= 4 is 15.9 Å². The standard InChI is InChI=1S/C15H14BrFO2/c1-2-19-14-8-5-11(16)9-13(14)15(18)10-3-6-12(17)7-4-10/h3-9,15,18H,2H2,1H3. The van der Waals surface area contributed by atoms with E-state index in [4.69, 9.17) is 4.74 Å². The molecule has 2 rings (SSSR count). The van der Waals surface area contributed by atoms with Crippen molar-refractivity contribution in [3.63, 3.8) is 0 Å². The average Bonchev–Trinajstić information content (AvgIpc) is 2.41. The van der Waals surface area contributed by atoms with Gasteiger partial charge in [0.15, 0.2) is 0 Å². The Morgan fingerprint density at radius 2 is 1.89 bits per heavy atom. The smallest absolute Gasteiger partial charge is 0.125 e. The van der Waals surface area contributed by atoms with Gasteiger partial charge >= 0.3 is 0 Å². The molecule has 0 amide bonds. The van der Waals surface area contributed by atoms with Crippen molar-refractivity contribution in [3.05, 3.63) is 63.9 Å². The summed E-state index contributed by atoms with van der Waals surface area (Å²) < 4.78 is 19.3. The molecule has 0 radical (unpaired) electrons. The molecule has 4 heteroatoms. The molecule has 0 saturated carbocycles. The number of benzene rings is 2. The molecule has 1 atom stereocenters. The summed E-state index contributed by atoms with van der Waals surface area (Å²) in [5, 5.41) is 10.4. The quantitative estimate of drug-likeness (QED) is 0.918. The lowest BCUT2D eigenvalue weighted by molar-refractivity contribution is 0.212. The summed E-state index contributed by atoms with van der Waals surface area (Å²) in [7, 11) is 0. The van der Waals surface area contributed by atoms with Crippen LogP contribution in [0.2, 0.25) is 0 Å². The van der Waals surface area contributed by atoms with E-state index >= 15 is 0 Å². The molecule has 0 saturated heterocycles. The van der Waals surface area contributed by atoms with Gasteiger partial charge in [-0.1, -0.05) is 28.1 Å². The molecule has 2 nitrogen and oxygen atoms in total. The van der Waals surface area contributed by atoms with Crippen molar-refractivity contribution in [1.82, 2.24) is 0 Å². The molecule has 1 unspecified atom stereocenters. The summed E-state index contributed by atoms with van der Waals surface area (Å²) in [5.74, 6) is 0.303. The van der Waals surface area contributed by atoms with Crippen LogP contribution >= 0.6 is 15.9 Å². The molecule has 2 aromatic carbocycles. The molecule has 0 aliphatic rings. The SMILES string of the molecule is CCOc1ccc(Br)cc1C(O)c1ccc(F)cc1. The van der Waals surface area contributed by atoms with Crippen molar-refractivity contribution in [2.45, 2.75) is 13.0 Å². The maximum atomic E-state index is 12.9. The summed E-state index contributed by atoms with van der Waals surface area (Å²) in [6.07, 6.45) is -0.848. The number of hydrogen-bond acceptors (Lipinski definition) is 2. The van der Waals surface area contributed by atoms with Gasteiger partial charge in [0.2, 0.25) is 0 Å². The fourth-order valence-electron chi connectivity index (χ4n) is 1.84. The Kier molecular flexibility index (Phi) is 4.56. The van der Waals surface area contributed by atoms with Gasteiger partial charge in [0.1, 0.15) is 17.7 Å². The third-order valence-corrected chi connectivity index (χ3v) is 3.25. The summed E-state index contributed by atoms with van der Waals surface area (Å²) in [6.45, 7) is 2.40. The Bertz CT molecular complexity index is 555. The minimum Gasteiger partial charge on any atom is -0.493 e. The number of aliphatic hydroxyl groups excluding tert-OH is 1. The molecule has 0 aromatic heterocycles. The number of halogens is 2. The van der Waals surface area contributed by atoms with Gasteiger partial charge in [-0.2, -0.15) is 0 Å². The Balaban J connectivity index is 2.39. The van der Waals surface area contributed by atoms with Crippen LogP contribution in [0, 0.1) is 5.82 Å². The normalized spacial score (nSPS) is 12.2. The van der Waals surface area contributed by atoms with E-state index < -0.39 is 6.10 Å². The van der Waals surface area contributed by atoms with E-state index in [-0.39, 0.29) is 5.82 Å². The van der Waals surface area contributed by atoms with Crippen molar-refractivity contribution in [2.24, 2.45) is 0 Å². The molecule has 0 heterocycles. The summed E-state index contributed by atoms with van der Waals surface area (Å²) in [4.78, 5) is 0. The Labute approximate surface area is 120 Å². The van der Waals surface area contributed by atoms with E-state index in [0.29, 0.717) is 23.5 Å². The number of ether oxygens (including phenoxy) is 1. The largest absolute Gasteiger partial charge is 0.493 e. The minimum atomic E-state index is -0.848. The molecule has 100 valence electrons.